The van der Waals surface area contributed by atoms with Crippen LogP contribution in [-0.2, 0) is 16.0 Å². The number of fused-ring (bicyclic) bond motifs is 1. The van der Waals surface area contributed by atoms with Gasteiger partial charge in [0.15, 0.2) is 0 Å². The maximum absolute atomic E-state index is 12.1. The summed E-state index contributed by atoms with van der Waals surface area (Å²) in [5, 5.41) is 11.8. The molecule has 2 rings (SSSR count). The van der Waals surface area contributed by atoms with E-state index in [4.69, 9.17) is 5.11 Å². The van der Waals surface area contributed by atoms with E-state index in [1.165, 1.54) is 5.56 Å². The number of aliphatic carboxylic acids is 1. The van der Waals surface area contributed by atoms with Gasteiger partial charge in [-0.25, -0.2) is 4.79 Å². The Morgan fingerprint density at radius 3 is 2.71 bits per heavy atom. The van der Waals surface area contributed by atoms with Crippen molar-refractivity contribution in [3.63, 3.8) is 0 Å². The van der Waals surface area contributed by atoms with E-state index < -0.39 is 12.0 Å². The van der Waals surface area contributed by atoms with E-state index in [1.807, 2.05) is 36.9 Å². The van der Waals surface area contributed by atoms with Crippen LogP contribution in [0, 0.1) is 5.92 Å². The standard InChI is InChI=1S/C16H22N2O3/c1-11(2)9-13(16(20)21)17-15(19)10-18-8-7-12-5-3-4-6-14(12)18/h3-6,11,13H,7-10H2,1-2H3,(H,17,19)(H,20,21). The molecule has 0 radical (unpaired) electrons. The number of para-hydroxylation sites is 1. The van der Waals surface area contributed by atoms with E-state index in [0.29, 0.717) is 6.42 Å². The minimum atomic E-state index is -0.973. The van der Waals surface area contributed by atoms with E-state index >= 15 is 0 Å². The molecule has 1 unspecified atom stereocenters. The van der Waals surface area contributed by atoms with Gasteiger partial charge in [0.1, 0.15) is 6.04 Å². The summed E-state index contributed by atoms with van der Waals surface area (Å²) in [6, 6.07) is 7.19. The third kappa shape index (κ3) is 3.97. The van der Waals surface area contributed by atoms with E-state index in [2.05, 4.69) is 11.4 Å². The number of carbonyl (C=O) groups excluding carboxylic acids is 1. The van der Waals surface area contributed by atoms with Crippen molar-refractivity contribution in [2.24, 2.45) is 5.92 Å². The maximum Gasteiger partial charge on any atom is 0.326 e. The molecule has 1 heterocycles. The number of carbonyl (C=O) groups is 2. The average molecular weight is 290 g/mol. The third-order valence-electron chi connectivity index (χ3n) is 3.66. The van der Waals surface area contributed by atoms with Crippen LogP contribution in [0.25, 0.3) is 0 Å². The van der Waals surface area contributed by atoms with Gasteiger partial charge in [0.2, 0.25) is 5.91 Å². The lowest BCUT2D eigenvalue weighted by molar-refractivity contribution is -0.142. The minimum absolute atomic E-state index is 0.207. The molecule has 0 bridgehead atoms. The fraction of sp³-hybridized carbons (Fsp3) is 0.500. The molecule has 1 amide bonds. The van der Waals surface area contributed by atoms with Gasteiger partial charge in [0, 0.05) is 12.2 Å². The van der Waals surface area contributed by atoms with Gasteiger partial charge in [-0.1, -0.05) is 32.0 Å². The Morgan fingerprint density at radius 1 is 1.33 bits per heavy atom. The molecule has 1 aliphatic rings. The lowest BCUT2D eigenvalue weighted by atomic mass is 10.0. The second kappa shape index (κ2) is 6.61. The van der Waals surface area contributed by atoms with Crippen LogP contribution in [0.5, 0.6) is 0 Å². The molecule has 0 saturated heterocycles. The molecule has 0 aromatic heterocycles. The first-order valence-electron chi connectivity index (χ1n) is 7.32. The molecular formula is C16H22N2O3. The van der Waals surface area contributed by atoms with Gasteiger partial charge in [-0.2, -0.15) is 0 Å². The third-order valence-corrected chi connectivity index (χ3v) is 3.66. The van der Waals surface area contributed by atoms with E-state index in [-0.39, 0.29) is 18.4 Å². The zero-order valence-corrected chi connectivity index (χ0v) is 12.5. The zero-order chi connectivity index (χ0) is 15.4. The van der Waals surface area contributed by atoms with Gasteiger partial charge in [0.05, 0.1) is 6.54 Å². The fourth-order valence-electron chi connectivity index (χ4n) is 2.68. The molecule has 5 heteroatoms. The van der Waals surface area contributed by atoms with Crippen molar-refractivity contribution in [1.82, 2.24) is 5.32 Å². The van der Waals surface area contributed by atoms with Gasteiger partial charge in [-0.15, -0.1) is 0 Å². The molecule has 1 aromatic rings. The summed E-state index contributed by atoms with van der Waals surface area (Å²) in [6.07, 6.45) is 1.37. The summed E-state index contributed by atoms with van der Waals surface area (Å²) in [7, 11) is 0. The topological polar surface area (TPSA) is 69.6 Å². The van der Waals surface area contributed by atoms with Gasteiger partial charge in [-0.3, -0.25) is 4.79 Å². The number of benzene rings is 1. The van der Waals surface area contributed by atoms with Gasteiger partial charge < -0.3 is 15.3 Å². The number of rotatable bonds is 6. The second-order valence-electron chi connectivity index (χ2n) is 5.89. The van der Waals surface area contributed by atoms with E-state index in [1.54, 1.807) is 0 Å². The quantitative estimate of drug-likeness (QED) is 0.836. The predicted molar refractivity (Wildman–Crippen MR) is 81.4 cm³/mol. The van der Waals surface area contributed by atoms with E-state index in [9.17, 15) is 9.59 Å². The summed E-state index contributed by atoms with van der Waals surface area (Å²) in [6.45, 7) is 4.89. The normalized spacial score (nSPS) is 14.9. The second-order valence-corrected chi connectivity index (χ2v) is 5.89. The van der Waals surface area contributed by atoms with Gasteiger partial charge in [0.25, 0.3) is 0 Å². The first-order chi connectivity index (χ1) is 9.97. The number of nitrogens with one attached hydrogen (secondary N) is 1. The number of anilines is 1. The highest BCUT2D eigenvalue weighted by Crippen LogP contribution is 2.26. The van der Waals surface area contributed by atoms with Crippen molar-refractivity contribution in [3.8, 4) is 0 Å². The summed E-state index contributed by atoms with van der Waals surface area (Å²) in [4.78, 5) is 25.3. The van der Waals surface area contributed by atoms with Crippen molar-refractivity contribution in [2.45, 2.75) is 32.7 Å². The molecule has 5 nitrogen and oxygen atoms in total. The fourth-order valence-corrected chi connectivity index (χ4v) is 2.68. The highest BCUT2D eigenvalue weighted by molar-refractivity contribution is 5.87. The molecule has 1 aromatic carbocycles. The number of amides is 1. The van der Waals surface area contributed by atoms with Crippen LogP contribution >= 0.6 is 0 Å². The summed E-state index contributed by atoms with van der Waals surface area (Å²) in [5.41, 5.74) is 2.31. The largest absolute Gasteiger partial charge is 0.480 e. The molecule has 0 saturated carbocycles. The average Bonchev–Trinajstić information content (AvgIpc) is 2.81. The van der Waals surface area contributed by atoms with Crippen molar-refractivity contribution >= 4 is 17.6 Å². The molecule has 1 aliphatic heterocycles. The lowest BCUT2D eigenvalue weighted by Gasteiger charge is -2.21. The number of carboxylic acids is 1. The molecule has 0 spiro atoms. The number of nitrogens with zero attached hydrogens (tertiary/aromatic N) is 1. The Bertz CT molecular complexity index is 528. The molecule has 0 fully saturated rings. The minimum Gasteiger partial charge on any atom is -0.480 e. The summed E-state index contributed by atoms with van der Waals surface area (Å²) < 4.78 is 0. The Morgan fingerprint density at radius 2 is 2.05 bits per heavy atom. The SMILES string of the molecule is CC(C)CC(NC(=O)CN1CCc2ccccc21)C(=O)O. The highest BCUT2D eigenvalue weighted by atomic mass is 16.4. The molecule has 1 atom stereocenters. The summed E-state index contributed by atoms with van der Waals surface area (Å²) >= 11 is 0. The zero-order valence-electron chi connectivity index (χ0n) is 12.5. The molecular weight excluding hydrogens is 268 g/mol. The monoisotopic (exact) mass is 290 g/mol. The van der Waals surface area contributed by atoms with Gasteiger partial charge in [-0.05, 0) is 30.4 Å². The van der Waals surface area contributed by atoms with Crippen LogP contribution in [0.1, 0.15) is 25.8 Å². The smallest absolute Gasteiger partial charge is 0.326 e. The number of hydrogen-bond acceptors (Lipinski definition) is 3. The predicted octanol–water partition coefficient (Wildman–Crippen LogP) is 1.66. The van der Waals surface area contributed by atoms with Crippen LogP contribution in [0.4, 0.5) is 5.69 Å². The number of carboxylic acid groups (broad SMARTS) is 1. The van der Waals surface area contributed by atoms with Crippen LogP contribution in [0.3, 0.4) is 0 Å². The van der Waals surface area contributed by atoms with Crippen LogP contribution in [-0.4, -0.2) is 36.1 Å². The lowest BCUT2D eigenvalue weighted by Crippen LogP contribution is -2.46. The Hall–Kier alpha value is -2.04. The first kappa shape index (κ1) is 15.4. The highest BCUT2D eigenvalue weighted by Gasteiger charge is 2.24. The van der Waals surface area contributed by atoms with Crippen LogP contribution in [0.2, 0.25) is 0 Å². The molecule has 0 aliphatic carbocycles. The molecule has 2 N–H and O–H groups in total. The van der Waals surface area contributed by atoms with E-state index in [0.717, 1.165) is 18.7 Å². The molecule has 114 valence electrons. The van der Waals surface area contributed by atoms with Crippen LogP contribution in [0.15, 0.2) is 24.3 Å². The Balaban J connectivity index is 1.94. The number of hydrogen-bond donors (Lipinski definition) is 2. The van der Waals surface area contributed by atoms with Crippen molar-refractivity contribution in [3.05, 3.63) is 29.8 Å². The van der Waals surface area contributed by atoms with Crippen LogP contribution < -0.4 is 10.2 Å². The van der Waals surface area contributed by atoms with Gasteiger partial charge >= 0.3 is 5.97 Å². The Labute approximate surface area is 125 Å². The van der Waals surface area contributed by atoms with Crippen molar-refractivity contribution < 1.29 is 14.7 Å². The maximum atomic E-state index is 12.1. The van der Waals surface area contributed by atoms with Crippen molar-refractivity contribution in [2.75, 3.05) is 18.0 Å². The summed E-state index contributed by atoms with van der Waals surface area (Å²) in [5.74, 6) is -0.988. The Kier molecular flexibility index (Phi) is 4.83. The first-order valence-corrected chi connectivity index (χ1v) is 7.32. The molecule has 21 heavy (non-hydrogen) atoms. The van der Waals surface area contributed by atoms with Crippen molar-refractivity contribution in [1.29, 1.82) is 0 Å².